The molecule has 1 aliphatic rings. The van der Waals surface area contributed by atoms with Crippen LogP contribution in [0.25, 0.3) is 15.9 Å². The van der Waals surface area contributed by atoms with Crippen molar-refractivity contribution < 1.29 is 4.79 Å². The maximum atomic E-state index is 12.9. The van der Waals surface area contributed by atoms with Crippen molar-refractivity contribution in [3.8, 4) is 5.69 Å². The Bertz CT molecular complexity index is 928. The lowest BCUT2D eigenvalue weighted by molar-refractivity contribution is 0.0952. The van der Waals surface area contributed by atoms with Crippen LogP contribution in [0, 0.1) is 0 Å². The zero-order chi connectivity index (χ0) is 20.1. The Morgan fingerprint density at radius 2 is 1.83 bits per heavy atom. The van der Waals surface area contributed by atoms with Crippen LogP contribution in [0.4, 0.5) is 0 Å². The highest BCUT2D eigenvalue weighted by atomic mass is 32.1. The monoisotopic (exact) mass is 411 g/mol. The van der Waals surface area contributed by atoms with Crippen molar-refractivity contribution in [1.82, 2.24) is 24.7 Å². The quantitative estimate of drug-likeness (QED) is 0.578. The number of thiophene rings is 1. The van der Waals surface area contributed by atoms with Gasteiger partial charge in [-0.1, -0.05) is 6.92 Å². The average molecular weight is 412 g/mol. The number of carbonyl (C=O) groups excluding carboxylic acids is 1. The van der Waals surface area contributed by atoms with Crippen LogP contribution in [0.2, 0.25) is 0 Å². The summed E-state index contributed by atoms with van der Waals surface area (Å²) in [4.78, 5) is 24.0. The molecule has 154 valence electrons. The molecule has 0 spiro atoms. The van der Waals surface area contributed by atoms with Gasteiger partial charge < -0.3 is 19.7 Å². The van der Waals surface area contributed by atoms with Gasteiger partial charge in [0.1, 0.15) is 9.71 Å². The Labute approximate surface area is 176 Å². The van der Waals surface area contributed by atoms with Gasteiger partial charge in [-0.05, 0) is 50.2 Å². The fourth-order valence-corrected chi connectivity index (χ4v) is 5.01. The van der Waals surface area contributed by atoms with Crippen molar-refractivity contribution in [2.45, 2.75) is 19.8 Å². The number of pyridine rings is 1. The van der Waals surface area contributed by atoms with Crippen LogP contribution in [0.1, 0.15) is 29.4 Å². The smallest absolute Gasteiger partial charge is 0.263 e. The van der Waals surface area contributed by atoms with Crippen LogP contribution in [0.5, 0.6) is 0 Å². The van der Waals surface area contributed by atoms with E-state index < -0.39 is 0 Å². The van der Waals surface area contributed by atoms with Crippen LogP contribution in [0.3, 0.4) is 0 Å². The van der Waals surface area contributed by atoms with E-state index in [1.165, 1.54) is 24.3 Å². The number of fused-ring (bicyclic) bond motifs is 1. The van der Waals surface area contributed by atoms with E-state index in [0.29, 0.717) is 6.54 Å². The van der Waals surface area contributed by atoms with E-state index in [-0.39, 0.29) is 5.91 Å². The van der Waals surface area contributed by atoms with E-state index in [9.17, 15) is 4.79 Å². The normalized spacial score (nSPS) is 15.8. The number of hydrogen-bond donors (Lipinski definition) is 1. The molecule has 4 rings (SSSR count). The number of piperazine rings is 1. The molecule has 1 aliphatic heterocycles. The van der Waals surface area contributed by atoms with Crippen molar-refractivity contribution in [3.63, 3.8) is 0 Å². The minimum atomic E-state index is -0.00975. The van der Waals surface area contributed by atoms with E-state index in [4.69, 9.17) is 0 Å². The molecule has 0 aromatic carbocycles. The van der Waals surface area contributed by atoms with Gasteiger partial charge in [0.2, 0.25) is 0 Å². The highest BCUT2D eigenvalue weighted by Gasteiger charge is 2.20. The molecule has 1 amide bonds. The summed E-state index contributed by atoms with van der Waals surface area (Å²) >= 11 is 1.46. The number of aromatic nitrogens is 2. The number of rotatable bonds is 8. The van der Waals surface area contributed by atoms with E-state index in [2.05, 4.69) is 27.0 Å². The number of carbonyl (C=O) groups is 1. The molecule has 1 fully saturated rings. The second-order valence-electron chi connectivity index (χ2n) is 7.52. The highest BCUT2D eigenvalue weighted by molar-refractivity contribution is 7.21. The fraction of sp³-hybridized carbons (Fsp3) is 0.455. The third-order valence-corrected chi connectivity index (χ3v) is 6.55. The van der Waals surface area contributed by atoms with Crippen LogP contribution in [-0.2, 0) is 0 Å². The number of hydrogen-bond acceptors (Lipinski definition) is 5. The third-order valence-electron chi connectivity index (χ3n) is 5.45. The minimum Gasteiger partial charge on any atom is -0.351 e. The third kappa shape index (κ3) is 4.69. The lowest BCUT2D eigenvalue weighted by atomic mass is 10.2. The van der Waals surface area contributed by atoms with Crippen LogP contribution < -0.4 is 5.32 Å². The standard InChI is InChI=1S/C22H29N5OS/c1-2-10-25-14-16-26(17-15-25)11-6-9-23-21(28)20-19(27-12-3-4-13-27)18-7-5-8-24-22(18)29-20/h3-5,7-8,12-13H,2,6,9-11,14-17H2,1H3,(H,23,28). The first kappa shape index (κ1) is 20.1. The van der Waals surface area contributed by atoms with Gasteiger partial charge in [-0.2, -0.15) is 0 Å². The number of nitrogens with zero attached hydrogens (tertiary/aromatic N) is 4. The van der Waals surface area contributed by atoms with E-state index >= 15 is 0 Å². The van der Waals surface area contributed by atoms with Gasteiger partial charge in [0.05, 0.1) is 5.69 Å². The SMILES string of the molecule is CCCN1CCN(CCCNC(=O)c2sc3ncccc3c2-n2cccc2)CC1. The van der Waals surface area contributed by atoms with Crippen molar-refractivity contribution in [3.05, 3.63) is 47.7 Å². The number of amides is 1. The molecule has 29 heavy (non-hydrogen) atoms. The Balaban J connectivity index is 1.34. The topological polar surface area (TPSA) is 53.4 Å². The summed E-state index contributed by atoms with van der Waals surface area (Å²) in [5, 5.41) is 4.14. The zero-order valence-corrected chi connectivity index (χ0v) is 17.8. The molecule has 7 heteroatoms. The van der Waals surface area contributed by atoms with Crippen LogP contribution in [-0.4, -0.2) is 71.1 Å². The molecule has 3 aromatic heterocycles. The summed E-state index contributed by atoms with van der Waals surface area (Å²) in [7, 11) is 0. The van der Waals surface area contributed by atoms with Crippen LogP contribution in [0.15, 0.2) is 42.9 Å². The first-order valence-corrected chi connectivity index (χ1v) is 11.3. The van der Waals surface area contributed by atoms with Gasteiger partial charge >= 0.3 is 0 Å². The van der Waals surface area contributed by atoms with E-state index in [1.54, 1.807) is 6.20 Å². The molecular formula is C22H29N5OS. The Morgan fingerprint density at radius 3 is 2.55 bits per heavy atom. The Hall–Kier alpha value is -2.22. The van der Waals surface area contributed by atoms with Gasteiger partial charge in [-0.15, -0.1) is 11.3 Å². The summed E-state index contributed by atoms with van der Waals surface area (Å²) in [6.07, 6.45) is 7.93. The van der Waals surface area contributed by atoms with Gasteiger partial charge in [-0.25, -0.2) is 4.98 Å². The lowest BCUT2D eigenvalue weighted by Crippen LogP contribution is -2.47. The summed E-state index contributed by atoms with van der Waals surface area (Å²) < 4.78 is 2.01. The summed E-state index contributed by atoms with van der Waals surface area (Å²) in [5.41, 5.74) is 0.924. The number of nitrogens with one attached hydrogen (secondary N) is 1. The molecule has 3 aromatic rings. The molecular weight excluding hydrogens is 382 g/mol. The molecule has 0 aliphatic carbocycles. The Morgan fingerprint density at radius 1 is 1.10 bits per heavy atom. The van der Waals surface area contributed by atoms with Crippen molar-refractivity contribution >= 4 is 27.5 Å². The zero-order valence-electron chi connectivity index (χ0n) is 17.0. The molecule has 0 bridgehead atoms. The van der Waals surface area contributed by atoms with Crippen LogP contribution >= 0.6 is 11.3 Å². The predicted molar refractivity (Wildman–Crippen MR) is 119 cm³/mol. The van der Waals surface area contributed by atoms with Crippen molar-refractivity contribution in [2.24, 2.45) is 0 Å². The Kier molecular flexibility index (Phi) is 6.59. The molecule has 1 N–H and O–H groups in total. The molecule has 6 nitrogen and oxygen atoms in total. The first-order chi connectivity index (χ1) is 14.3. The lowest BCUT2D eigenvalue weighted by Gasteiger charge is -2.34. The first-order valence-electron chi connectivity index (χ1n) is 10.5. The van der Waals surface area contributed by atoms with Gasteiger partial charge in [-0.3, -0.25) is 4.79 Å². The maximum Gasteiger partial charge on any atom is 0.263 e. The molecule has 1 saturated heterocycles. The van der Waals surface area contributed by atoms with E-state index in [0.717, 1.165) is 59.9 Å². The van der Waals surface area contributed by atoms with Gasteiger partial charge in [0, 0.05) is 56.7 Å². The van der Waals surface area contributed by atoms with Gasteiger partial charge in [0.25, 0.3) is 5.91 Å². The maximum absolute atomic E-state index is 12.9. The average Bonchev–Trinajstić information content (AvgIpc) is 3.40. The molecule has 0 saturated carbocycles. The van der Waals surface area contributed by atoms with E-state index in [1.807, 2.05) is 41.2 Å². The predicted octanol–water partition coefficient (Wildman–Crippen LogP) is 3.23. The molecule has 0 radical (unpaired) electrons. The molecule has 0 unspecified atom stereocenters. The summed E-state index contributed by atoms with van der Waals surface area (Å²) in [5.74, 6) is -0.00975. The summed E-state index contributed by atoms with van der Waals surface area (Å²) in [6.45, 7) is 9.77. The fourth-order valence-electron chi connectivity index (χ4n) is 3.95. The minimum absolute atomic E-state index is 0.00975. The van der Waals surface area contributed by atoms with Crippen molar-refractivity contribution in [2.75, 3.05) is 45.8 Å². The summed E-state index contributed by atoms with van der Waals surface area (Å²) in [6, 6.07) is 7.90. The highest BCUT2D eigenvalue weighted by Crippen LogP contribution is 2.32. The molecule has 4 heterocycles. The second kappa shape index (κ2) is 9.52. The second-order valence-corrected chi connectivity index (χ2v) is 8.52. The van der Waals surface area contributed by atoms with Crippen molar-refractivity contribution in [1.29, 1.82) is 0 Å². The van der Waals surface area contributed by atoms with Gasteiger partial charge in [0.15, 0.2) is 0 Å². The molecule has 0 atom stereocenters. The largest absolute Gasteiger partial charge is 0.351 e.